The van der Waals surface area contributed by atoms with Crippen molar-refractivity contribution in [3.63, 3.8) is 0 Å². The zero-order valence-corrected chi connectivity index (χ0v) is 11.7. The first-order valence-electron chi connectivity index (χ1n) is 6.11. The Morgan fingerprint density at radius 3 is 2.57 bits per heavy atom. The first-order valence-corrected chi connectivity index (χ1v) is 7.06. The van der Waals surface area contributed by atoms with Gasteiger partial charge in [0.2, 0.25) is 0 Å². The molecule has 2 aromatic rings. The number of carbonyl (C=O) groups excluding carboxylic acids is 2. The zero-order chi connectivity index (χ0) is 15.2. The fraction of sp³-hybridized carbons (Fsp3) is 0.143. The quantitative estimate of drug-likeness (QED) is 0.852. The summed E-state index contributed by atoms with van der Waals surface area (Å²) >= 11 is 1.55. The van der Waals surface area contributed by atoms with Crippen LogP contribution < -0.4 is 10.6 Å². The summed E-state index contributed by atoms with van der Waals surface area (Å²) in [6.45, 7) is 0.320. The van der Waals surface area contributed by atoms with E-state index >= 15 is 0 Å². The topological polar surface area (TPSA) is 58.2 Å². The Bertz CT molecular complexity index is 644. The largest absolute Gasteiger partial charge is 0.347 e. The van der Waals surface area contributed by atoms with Gasteiger partial charge in [-0.1, -0.05) is 0 Å². The molecule has 21 heavy (non-hydrogen) atoms. The Morgan fingerprint density at radius 2 is 1.90 bits per heavy atom. The summed E-state index contributed by atoms with van der Waals surface area (Å²) < 4.78 is 25.7. The number of hydrogen-bond donors (Lipinski definition) is 2. The number of hydrogen-bond acceptors (Lipinski definition) is 3. The number of nitrogens with one attached hydrogen (secondary N) is 2. The molecule has 1 aromatic carbocycles. The summed E-state index contributed by atoms with van der Waals surface area (Å²) in [4.78, 5) is 23.1. The Balaban J connectivity index is 1.81. The predicted octanol–water partition coefficient (Wildman–Crippen LogP) is 2.32. The molecule has 1 heterocycles. The molecule has 7 heteroatoms. The monoisotopic (exact) mass is 310 g/mol. The van der Waals surface area contributed by atoms with Crippen LogP contribution in [0, 0.1) is 11.6 Å². The summed E-state index contributed by atoms with van der Waals surface area (Å²) in [7, 11) is 0. The van der Waals surface area contributed by atoms with Crippen LogP contribution in [-0.2, 0) is 16.0 Å². The van der Waals surface area contributed by atoms with Crippen LogP contribution in [0.4, 0.5) is 14.5 Å². The highest BCUT2D eigenvalue weighted by molar-refractivity contribution is 7.07. The maximum absolute atomic E-state index is 13.0. The first-order chi connectivity index (χ1) is 10.1. The van der Waals surface area contributed by atoms with Gasteiger partial charge in [0.25, 0.3) is 0 Å². The van der Waals surface area contributed by atoms with Crippen LogP contribution in [0.2, 0.25) is 0 Å². The number of benzene rings is 1. The lowest BCUT2D eigenvalue weighted by Crippen LogP contribution is -2.36. The smallest absolute Gasteiger partial charge is 0.313 e. The van der Waals surface area contributed by atoms with Gasteiger partial charge in [0, 0.05) is 18.3 Å². The van der Waals surface area contributed by atoms with Gasteiger partial charge in [0.1, 0.15) is 0 Å². The van der Waals surface area contributed by atoms with Crippen LogP contribution >= 0.6 is 11.3 Å². The van der Waals surface area contributed by atoms with Crippen molar-refractivity contribution in [3.8, 4) is 0 Å². The van der Waals surface area contributed by atoms with Crippen molar-refractivity contribution in [3.05, 3.63) is 52.2 Å². The van der Waals surface area contributed by atoms with Gasteiger partial charge in [-0.2, -0.15) is 11.3 Å². The van der Waals surface area contributed by atoms with E-state index in [1.165, 1.54) is 6.07 Å². The molecule has 2 N–H and O–H groups in total. The third-order valence-electron chi connectivity index (χ3n) is 2.66. The molecule has 0 spiro atoms. The van der Waals surface area contributed by atoms with Gasteiger partial charge in [0.05, 0.1) is 0 Å². The summed E-state index contributed by atoms with van der Waals surface area (Å²) in [6, 6.07) is 4.79. The van der Waals surface area contributed by atoms with E-state index in [1.54, 1.807) is 11.3 Å². The van der Waals surface area contributed by atoms with E-state index in [-0.39, 0.29) is 5.69 Å². The van der Waals surface area contributed by atoms with E-state index in [9.17, 15) is 18.4 Å². The standard InChI is InChI=1S/C14H12F2N2O2S/c15-11-2-1-10(7-12(11)16)18-14(20)13(19)17-5-3-9-4-6-21-8-9/h1-2,4,6-8H,3,5H2,(H,17,19)(H,18,20). The van der Waals surface area contributed by atoms with Gasteiger partial charge in [0.15, 0.2) is 11.6 Å². The van der Waals surface area contributed by atoms with Crippen molar-refractivity contribution in [2.24, 2.45) is 0 Å². The van der Waals surface area contributed by atoms with Crippen LogP contribution in [0.5, 0.6) is 0 Å². The second-order valence-corrected chi connectivity index (χ2v) is 5.00. The summed E-state index contributed by atoms with van der Waals surface area (Å²) in [5.41, 5.74) is 1.09. The Morgan fingerprint density at radius 1 is 1.10 bits per heavy atom. The van der Waals surface area contributed by atoms with Gasteiger partial charge < -0.3 is 10.6 Å². The van der Waals surface area contributed by atoms with Crippen molar-refractivity contribution in [2.45, 2.75) is 6.42 Å². The molecular formula is C14H12F2N2O2S. The predicted molar refractivity (Wildman–Crippen MR) is 76.0 cm³/mol. The molecule has 4 nitrogen and oxygen atoms in total. The fourth-order valence-electron chi connectivity index (χ4n) is 1.60. The summed E-state index contributed by atoms with van der Waals surface area (Å²) in [5, 5.41) is 8.53. The number of thiophene rings is 1. The van der Waals surface area contributed by atoms with Crippen LogP contribution in [-0.4, -0.2) is 18.4 Å². The van der Waals surface area contributed by atoms with Crippen LogP contribution in [0.1, 0.15) is 5.56 Å². The minimum Gasteiger partial charge on any atom is -0.347 e. The molecule has 0 radical (unpaired) electrons. The lowest BCUT2D eigenvalue weighted by atomic mass is 10.2. The molecule has 0 aliphatic carbocycles. The molecule has 1 aromatic heterocycles. The molecule has 0 bridgehead atoms. The third kappa shape index (κ3) is 4.35. The van der Waals surface area contributed by atoms with E-state index in [1.807, 2.05) is 16.8 Å². The van der Waals surface area contributed by atoms with E-state index in [2.05, 4.69) is 10.6 Å². The number of halogens is 2. The van der Waals surface area contributed by atoms with Crippen LogP contribution in [0.25, 0.3) is 0 Å². The van der Waals surface area contributed by atoms with E-state index in [0.717, 1.165) is 17.7 Å². The van der Waals surface area contributed by atoms with Gasteiger partial charge in [-0.15, -0.1) is 0 Å². The van der Waals surface area contributed by atoms with Gasteiger partial charge in [-0.05, 0) is 40.9 Å². The Hall–Kier alpha value is -2.28. The number of amides is 2. The van der Waals surface area contributed by atoms with Gasteiger partial charge >= 0.3 is 11.8 Å². The molecule has 0 saturated carbocycles. The van der Waals surface area contributed by atoms with Crippen molar-refractivity contribution in [2.75, 3.05) is 11.9 Å². The van der Waals surface area contributed by atoms with E-state index in [0.29, 0.717) is 13.0 Å². The van der Waals surface area contributed by atoms with Gasteiger partial charge in [-0.3, -0.25) is 9.59 Å². The average molecular weight is 310 g/mol. The second kappa shape index (κ2) is 6.94. The third-order valence-corrected chi connectivity index (χ3v) is 3.40. The SMILES string of the molecule is O=C(NCCc1ccsc1)C(=O)Nc1ccc(F)c(F)c1. The lowest BCUT2D eigenvalue weighted by Gasteiger charge is -2.06. The Kier molecular flexibility index (Phi) is 4.99. The minimum absolute atomic E-state index is 0.0203. The highest BCUT2D eigenvalue weighted by Gasteiger charge is 2.14. The van der Waals surface area contributed by atoms with Crippen LogP contribution in [0.15, 0.2) is 35.0 Å². The van der Waals surface area contributed by atoms with Crippen molar-refractivity contribution < 1.29 is 18.4 Å². The maximum atomic E-state index is 13.0. The van der Waals surface area contributed by atoms with Crippen molar-refractivity contribution >= 4 is 28.8 Å². The lowest BCUT2D eigenvalue weighted by molar-refractivity contribution is -0.136. The van der Waals surface area contributed by atoms with Gasteiger partial charge in [-0.25, -0.2) is 8.78 Å². The molecular weight excluding hydrogens is 298 g/mol. The van der Waals surface area contributed by atoms with Crippen molar-refractivity contribution in [1.82, 2.24) is 5.32 Å². The number of anilines is 1. The summed E-state index contributed by atoms with van der Waals surface area (Å²) in [5.74, 6) is -3.86. The fourth-order valence-corrected chi connectivity index (χ4v) is 2.30. The van der Waals surface area contributed by atoms with E-state index in [4.69, 9.17) is 0 Å². The molecule has 0 unspecified atom stereocenters. The average Bonchev–Trinajstić information content (AvgIpc) is 2.96. The first kappa shape index (κ1) is 15.1. The van der Waals surface area contributed by atoms with Crippen LogP contribution in [0.3, 0.4) is 0 Å². The Labute approximate surface area is 123 Å². The second-order valence-electron chi connectivity index (χ2n) is 4.22. The maximum Gasteiger partial charge on any atom is 0.313 e. The van der Waals surface area contributed by atoms with Crippen molar-refractivity contribution in [1.29, 1.82) is 0 Å². The van der Waals surface area contributed by atoms with E-state index < -0.39 is 23.4 Å². The normalized spacial score (nSPS) is 10.2. The molecule has 2 rings (SSSR count). The molecule has 110 valence electrons. The molecule has 0 fully saturated rings. The number of carbonyl (C=O) groups is 2. The molecule has 0 saturated heterocycles. The summed E-state index contributed by atoms with van der Waals surface area (Å²) in [6.07, 6.45) is 0.619. The zero-order valence-electron chi connectivity index (χ0n) is 10.9. The highest BCUT2D eigenvalue weighted by atomic mass is 32.1. The molecule has 0 aliphatic heterocycles. The minimum atomic E-state index is -1.09. The number of rotatable bonds is 4. The molecule has 0 aliphatic rings. The molecule has 0 atom stereocenters. The molecule has 2 amide bonds. The highest BCUT2D eigenvalue weighted by Crippen LogP contribution is 2.12.